The molecule has 1 amide bonds. The number of anilines is 1. The number of methoxy groups -OCH3 is 1. The molecule has 0 aliphatic rings. The number of hydrogen-bond donors (Lipinski definition) is 1. The van der Waals surface area contributed by atoms with Gasteiger partial charge in [0.2, 0.25) is 21.8 Å². The molecule has 1 N–H and O–H groups in total. The lowest BCUT2D eigenvalue weighted by Crippen LogP contribution is -2.34. The Morgan fingerprint density at radius 1 is 1.25 bits per heavy atom. The minimum atomic E-state index is -3.74. The van der Waals surface area contributed by atoms with Gasteiger partial charge in [0.15, 0.2) is 0 Å². The topological polar surface area (TPSA) is 88.6 Å². The van der Waals surface area contributed by atoms with Crippen molar-refractivity contribution in [1.82, 2.24) is 9.29 Å². The van der Waals surface area contributed by atoms with Crippen LogP contribution in [0.4, 0.5) is 5.69 Å². The second-order valence-electron chi connectivity index (χ2n) is 4.85. The highest BCUT2D eigenvalue weighted by atomic mass is 79.9. The summed E-state index contributed by atoms with van der Waals surface area (Å²) in [4.78, 5) is 16.1. The Labute approximate surface area is 148 Å². The fraction of sp³-hybridized carbons (Fsp3) is 0.200. The number of aromatic nitrogens is 1. The van der Waals surface area contributed by atoms with Crippen molar-refractivity contribution in [3.05, 3.63) is 47.1 Å². The van der Waals surface area contributed by atoms with Gasteiger partial charge in [-0.15, -0.1) is 0 Å². The summed E-state index contributed by atoms with van der Waals surface area (Å²) in [6.45, 7) is -0.315. The predicted molar refractivity (Wildman–Crippen MR) is 93.4 cm³/mol. The Hall–Kier alpha value is -1.97. The Kier molecular flexibility index (Phi) is 5.92. The molecule has 128 valence electrons. The number of hydrogen-bond acceptors (Lipinski definition) is 5. The van der Waals surface area contributed by atoms with Gasteiger partial charge in [-0.25, -0.2) is 13.4 Å². The number of likely N-dealkylation sites (N-methyl/N-ethyl adjacent to an activating group) is 1. The molecule has 7 nitrogen and oxygen atoms in total. The number of ether oxygens (including phenoxy) is 1. The van der Waals surface area contributed by atoms with Crippen molar-refractivity contribution >= 4 is 37.5 Å². The van der Waals surface area contributed by atoms with E-state index in [1.54, 1.807) is 24.3 Å². The first-order valence-electron chi connectivity index (χ1n) is 6.85. The third kappa shape index (κ3) is 4.53. The number of benzene rings is 1. The zero-order valence-electron chi connectivity index (χ0n) is 13.1. The molecule has 0 aliphatic heterocycles. The van der Waals surface area contributed by atoms with Crippen molar-refractivity contribution < 1.29 is 17.9 Å². The first-order chi connectivity index (χ1) is 11.3. The van der Waals surface area contributed by atoms with Crippen molar-refractivity contribution in [2.45, 2.75) is 4.90 Å². The van der Waals surface area contributed by atoms with Crippen LogP contribution in [0, 0.1) is 0 Å². The smallest absolute Gasteiger partial charge is 0.243 e. The van der Waals surface area contributed by atoms with Crippen LogP contribution in [0.2, 0.25) is 0 Å². The molecule has 0 atom stereocenters. The van der Waals surface area contributed by atoms with Crippen molar-refractivity contribution in [3.63, 3.8) is 0 Å². The Balaban J connectivity index is 2.03. The molecule has 1 aromatic carbocycles. The Bertz CT molecular complexity index is 808. The number of nitrogens with one attached hydrogen (secondary N) is 1. The average Bonchev–Trinajstić information content (AvgIpc) is 2.55. The molecule has 0 radical (unpaired) electrons. The van der Waals surface area contributed by atoms with Gasteiger partial charge in [0.25, 0.3) is 0 Å². The molecule has 0 saturated heterocycles. The van der Waals surface area contributed by atoms with Crippen LogP contribution in [-0.2, 0) is 14.8 Å². The van der Waals surface area contributed by atoms with E-state index in [-0.39, 0.29) is 11.4 Å². The number of rotatable bonds is 6. The Morgan fingerprint density at radius 3 is 2.46 bits per heavy atom. The zero-order chi connectivity index (χ0) is 17.7. The van der Waals surface area contributed by atoms with Gasteiger partial charge in [-0.1, -0.05) is 15.9 Å². The first-order valence-corrected chi connectivity index (χ1v) is 9.08. The average molecular weight is 414 g/mol. The largest absolute Gasteiger partial charge is 0.481 e. The fourth-order valence-electron chi connectivity index (χ4n) is 1.85. The number of carbonyl (C=O) groups is 1. The van der Waals surface area contributed by atoms with Gasteiger partial charge in [0, 0.05) is 17.6 Å². The molecule has 0 bridgehead atoms. The number of pyridine rings is 1. The minimum Gasteiger partial charge on any atom is -0.481 e. The number of nitrogens with zero attached hydrogens (tertiary/aromatic N) is 2. The highest BCUT2D eigenvalue weighted by Gasteiger charge is 2.22. The second-order valence-corrected chi connectivity index (χ2v) is 7.81. The molecule has 2 rings (SSSR count). The summed E-state index contributed by atoms with van der Waals surface area (Å²) in [5.41, 5.74) is 0.454. The first kappa shape index (κ1) is 18.4. The molecule has 0 fully saturated rings. The van der Waals surface area contributed by atoms with Gasteiger partial charge in [-0.05, 0) is 30.3 Å². The van der Waals surface area contributed by atoms with Gasteiger partial charge in [0.05, 0.1) is 30.4 Å². The number of amides is 1. The van der Waals surface area contributed by atoms with E-state index < -0.39 is 15.9 Å². The van der Waals surface area contributed by atoms with Gasteiger partial charge in [0.1, 0.15) is 0 Å². The van der Waals surface area contributed by atoms with E-state index in [0.717, 1.165) is 8.78 Å². The molecule has 0 aliphatic carbocycles. The van der Waals surface area contributed by atoms with Gasteiger partial charge < -0.3 is 10.1 Å². The molecule has 0 spiro atoms. The van der Waals surface area contributed by atoms with Gasteiger partial charge in [-0.2, -0.15) is 4.31 Å². The van der Waals surface area contributed by atoms with E-state index in [4.69, 9.17) is 4.74 Å². The van der Waals surface area contributed by atoms with Crippen LogP contribution in [0.15, 0.2) is 52.0 Å². The molecule has 9 heteroatoms. The number of halogens is 1. The van der Waals surface area contributed by atoms with Gasteiger partial charge >= 0.3 is 0 Å². The van der Waals surface area contributed by atoms with Crippen LogP contribution in [0.3, 0.4) is 0 Å². The van der Waals surface area contributed by atoms with Crippen LogP contribution in [0.25, 0.3) is 0 Å². The third-order valence-corrected chi connectivity index (χ3v) is 5.46. The van der Waals surface area contributed by atoms with E-state index in [9.17, 15) is 13.2 Å². The maximum absolute atomic E-state index is 12.4. The normalized spacial score (nSPS) is 11.3. The molecule has 1 aromatic heterocycles. The number of carbonyl (C=O) groups excluding carboxylic acids is 1. The second kappa shape index (κ2) is 7.73. The summed E-state index contributed by atoms with van der Waals surface area (Å²) in [6.07, 6.45) is 1.43. The third-order valence-electron chi connectivity index (χ3n) is 3.12. The van der Waals surface area contributed by atoms with Crippen LogP contribution in [0.5, 0.6) is 5.88 Å². The summed E-state index contributed by atoms with van der Waals surface area (Å²) in [6, 6.07) is 9.42. The van der Waals surface area contributed by atoms with Crippen LogP contribution in [0.1, 0.15) is 0 Å². The summed E-state index contributed by atoms with van der Waals surface area (Å²) in [7, 11) is -0.899. The molecule has 0 unspecified atom stereocenters. The van der Waals surface area contributed by atoms with Crippen LogP contribution >= 0.6 is 15.9 Å². The SMILES string of the molecule is COc1ccc(NC(=O)CN(C)S(=O)(=O)c2ccc(Br)cc2)cn1. The predicted octanol–water partition coefficient (Wildman–Crippen LogP) is 2.11. The van der Waals surface area contributed by atoms with Crippen molar-refractivity contribution in [3.8, 4) is 5.88 Å². The van der Waals surface area contributed by atoms with E-state index in [0.29, 0.717) is 11.6 Å². The summed E-state index contributed by atoms with van der Waals surface area (Å²) < 4.78 is 31.5. The summed E-state index contributed by atoms with van der Waals surface area (Å²) in [5.74, 6) is -0.0481. The molecular formula is C15H16BrN3O4S. The van der Waals surface area contributed by atoms with E-state index in [1.165, 1.54) is 32.5 Å². The highest BCUT2D eigenvalue weighted by molar-refractivity contribution is 9.10. The van der Waals surface area contributed by atoms with Crippen molar-refractivity contribution in [2.24, 2.45) is 0 Å². The van der Waals surface area contributed by atoms with Crippen LogP contribution < -0.4 is 10.1 Å². The quantitative estimate of drug-likeness (QED) is 0.782. The lowest BCUT2D eigenvalue weighted by Gasteiger charge is -2.17. The highest BCUT2D eigenvalue weighted by Crippen LogP contribution is 2.18. The maximum Gasteiger partial charge on any atom is 0.243 e. The maximum atomic E-state index is 12.4. The van der Waals surface area contributed by atoms with E-state index in [1.807, 2.05) is 0 Å². The molecule has 0 saturated carbocycles. The van der Waals surface area contributed by atoms with Gasteiger partial charge in [-0.3, -0.25) is 4.79 Å². The molecular weight excluding hydrogens is 398 g/mol. The van der Waals surface area contributed by atoms with Crippen molar-refractivity contribution in [2.75, 3.05) is 26.0 Å². The monoisotopic (exact) mass is 413 g/mol. The number of sulfonamides is 1. The fourth-order valence-corrected chi connectivity index (χ4v) is 3.24. The van der Waals surface area contributed by atoms with Crippen LogP contribution in [-0.4, -0.2) is 44.3 Å². The lowest BCUT2D eigenvalue weighted by molar-refractivity contribution is -0.116. The van der Waals surface area contributed by atoms with E-state index in [2.05, 4.69) is 26.2 Å². The van der Waals surface area contributed by atoms with E-state index >= 15 is 0 Å². The molecule has 1 heterocycles. The molecule has 24 heavy (non-hydrogen) atoms. The Morgan fingerprint density at radius 2 is 1.92 bits per heavy atom. The summed E-state index contributed by atoms with van der Waals surface area (Å²) in [5, 5.41) is 2.59. The summed E-state index contributed by atoms with van der Waals surface area (Å²) >= 11 is 3.25. The molecule has 2 aromatic rings. The lowest BCUT2D eigenvalue weighted by atomic mass is 10.4. The standard InChI is InChI=1S/C15H16BrN3O4S/c1-19(24(21,22)13-6-3-11(16)4-7-13)10-14(20)18-12-5-8-15(23-2)17-9-12/h3-9H,10H2,1-2H3,(H,18,20). The van der Waals surface area contributed by atoms with Crippen molar-refractivity contribution in [1.29, 1.82) is 0 Å². The zero-order valence-corrected chi connectivity index (χ0v) is 15.5. The minimum absolute atomic E-state index is 0.118.